The summed E-state index contributed by atoms with van der Waals surface area (Å²) < 4.78 is 36.0. The lowest BCUT2D eigenvalue weighted by Gasteiger charge is -2.18. The first kappa shape index (κ1) is 24.4. The number of rotatable bonds is 9. The van der Waals surface area contributed by atoms with Crippen LogP contribution in [0.1, 0.15) is 6.92 Å². The quantitative estimate of drug-likeness (QED) is 0.349. The van der Waals surface area contributed by atoms with Gasteiger partial charge in [0.15, 0.2) is 21.3 Å². The fraction of sp³-hybridized carbons (Fsp3) is 0.238. The Balaban J connectivity index is 1.59. The number of carbonyl (C=O) groups excluding carboxylic acids is 1. The van der Waals surface area contributed by atoms with Crippen molar-refractivity contribution in [1.82, 2.24) is 29.7 Å². The number of sulfone groups is 1. The van der Waals surface area contributed by atoms with E-state index in [-0.39, 0.29) is 23.2 Å². The molecule has 0 unspecified atom stereocenters. The van der Waals surface area contributed by atoms with Gasteiger partial charge in [-0.25, -0.2) is 28.4 Å². The number of carbonyl (C=O) groups is 1. The van der Waals surface area contributed by atoms with Gasteiger partial charge in [-0.05, 0) is 31.2 Å². The number of fused-ring (bicyclic) bond motifs is 1. The molecule has 0 spiro atoms. The maximum Gasteiger partial charge on any atom is 0.269 e. The van der Waals surface area contributed by atoms with Crippen LogP contribution in [-0.2, 0) is 19.4 Å². The van der Waals surface area contributed by atoms with Crippen LogP contribution in [0.2, 0.25) is 5.02 Å². The van der Waals surface area contributed by atoms with Gasteiger partial charge in [0.2, 0.25) is 12.0 Å². The first-order valence-electron chi connectivity index (χ1n) is 10.3. The van der Waals surface area contributed by atoms with E-state index in [0.29, 0.717) is 28.5 Å². The van der Waals surface area contributed by atoms with E-state index in [1.165, 1.54) is 29.3 Å². The van der Waals surface area contributed by atoms with Gasteiger partial charge >= 0.3 is 0 Å². The molecule has 0 radical (unpaired) electrons. The summed E-state index contributed by atoms with van der Waals surface area (Å²) in [6.45, 7) is 2.06. The first-order valence-corrected chi connectivity index (χ1v) is 12.6. The fourth-order valence-corrected chi connectivity index (χ4v) is 3.77. The summed E-state index contributed by atoms with van der Waals surface area (Å²) in [6.07, 6.45) is 5.46. The molecule has 0 bridgehead atoms. The van der Waals surface area contributed by atoms with Crippen LogP contribution in [-0.4, -0.2) is 69.6 Å². The van der Waals surface area contributed by atoms with E-state index in [4.69, 9.17) is 21.1 Å². The van der Waals surface area contributed by atoms with E-state index >= 15 is 0 Å². The Kier molecular flexibility index (Phi) is 7.19. The lowest BCUT2D eigenvalue weighted by molar-refractivity contribution is -0.125. The van der Waals surface area contributed by atoms with Crippen LogP contribution in [0.15, 0.2) is 54.1 Å². The maximum atomic E-state index is 12.9. The number of anilines is 1. The molecule has 14 heteroatoms. The molecule has 1 N–H and O–H groups in total. The summed E-state index contributed by atoms with van der Waals surface area (Å²) in [4.78, 5) is 29.6. The average Bonchev–Trinajstić information content (AvgIpc) is 3.26. The minimum atomic E-state index is -3.41. The molecule has 0 fully saturated rings. The largest absolute Gasteiger partial charge is 0.461 e. The number of nitrogens with one attached hydrogen (secondary N) is 1. The number of ether oxygens (including phenoxy) is 2. The van der Waals surface area contributed by atoms with Gasteiger partial charge in [0.05, 0.1) is 22.7 Å². The second-order valence-electron chi connectivity index (χ2n) is 7.19. The summed E-state index contributed by atoms with van der Waals surface area (Å²) in [5, 5.41) is 7.69. The van der Waals surface area contributed by atoms with Crippen LogP contribution in [0.4, 0.5) is 5.82 Å². The Labute approximate surface area is 205 Å². The molecule has 182 valence electrons. The smallest absolute Gasteiger partial charge is 0.269 e. The highest BCUT2D eigenvalue weighted by molar-refractivity contribution is 7.90. The Bertz CT molecular complexity index is 1460. The van der Waals surface area contributed by atoms with Crippen molar-refractivity contribution in [3.63, 3.8) is 0 Å². The number of halogens is 1. The molecule has 1 amide bonds. The number of amides is 1. The lowest BCUT2D eigenvalue weighted by Crippen LogP contribution is -2.37. The second kappa shape index (κ2) is 10.3. The Morgan fingerprint density at radius 2 is 2.00 bits per heavy atom. The molecule has 4 aromatic heterocycles. The average molecular weight is 518 g/mol. The topological polar surface area (TPSA) is 151 Å². The minimum Gasteiger partial charge on any atom is -0.461 e. The van der Waals surface area contributed by atoms with Crippen LogP contribution < -0.4 is 10.1 Å². The zero-order chi connectivity index (χ0) is 25.0. The van der Waals surface area contributed by atoms with Crippen molar-refractivity contribution in [3.05, 3.63) is 54.2 Å². The van der Waals surface area contributed by atoms with E-state index in [1.54, 1.807) is 25.3 Å². The van der Waals surface area contributed by atoms with E-state index in [1.807, 2.05) is 0 Å². The molecule has 0 aliphatic rings. The third-order valence-corrected chi connectivity index (χ3v) is 6.10. The number of hydrogen-bond donors (Lipinski definition) is 1. The van der Waals surface area contributed by atoms with Crippen molar-refractivity contribution in [2.24, 2.45) is 0 Å². The van der Waals surface area contributed by atoms with Gasteiger partial charge in [-0.2, -0.15) is 9.78 Å². The second-order valence-corrected chi connectivity index (χ2v) is 9.61. The summed E-state index contributed by atoms with van der Waals surface area (Å²) in [5.41, 5.74) is 0.379. The van der Waals surface area contributed by atoms with Gasteiger partial charge in [0.25, 0.3) is 5.91 Å². The molecule has 0 aliphatic carbocycles. The number of hydrogen-bond acceptors (Lipinski definition) is 10. The third-order valence-electron chi connectivity index (χ3n) is 4.70. The molecular formula is C21H20ClN7O5S. The summed E-state index contributed by atoms with van der Waals surface area (Å²) in [6, 6.07) is 6.10. The monoisotopic (exact) mass is 517 g/mol. The summed E-state index contributed by atoms with van der Waals surface area (Å²) in [7, 11) is -3.41. The van der Waals surface area contributed by atoms with Gasteiger partial charge < -0.3 is 14.8 Å². The van der Waals surface area contributed by atoms with Crippen molar-refractivity contribution < 1.29 is 22.7 Å². The number of aromatic nitrogens is 6. The van der Waals surface area contributed by atoms with Crippen molar-refractivity contribution in [3.8, 4) is 11.7 Å². The Morgan fingerprint density at radius 3 is 2.69 bits per heavy atom. The van der Waals surface area contributed by atoms with Crippen LogP contribution in [0.3, 0.4) is 0 Å². The Hall–Kier alpha value is -3.68. The molecule has 12 nitrogen and oxygen atoms in total. The third kappa shape index (κ3) is 5.53. The highest BCUT2D eigenvalue weighted by Crippen LogP contribution is 2.26. The first-order chi connectivity index (χ1) is 16.8. The summed E-state index contributed by atoms with van der Waals surface area (Å²) in [5.74, 6) is 0.0671. The predicted molar refractivity (Wildman–Crippen MR) is 126 cm³/mol. The van der Waals surface area contributed by atoms with E-state index in [9.17, 15) is 13.2 Å². The van der Waals surface area contributed by atoms with Gasteiger partial charge in [0.1, 0.15) is 17.5 Å². The van der Waals surface area contributed by atoms with Gasteiger partial charge in [0, 0.05) is 25.3 Å². The zero-order valence-corrected chi connectivity index (χ0v) is 20.2. The van der Waals surface area contributed by atoms with Crippen LogP contribution in [0.25, 0.3) is 16.9 Å². The van der Waals surface area contributed by atoms with Crippen LogP contribution in [0, 0.1) is 0 Å². The van der Waals surface area contributed by atoms with Crippen molar-refractivity contribution in [2.45, 2.75) is 17.9 Å². The molecule has 1 atom stereocenters. The number of pyridine rings is 2. The molecule has 4 rings (SSSR count). The van der Waals surface area contributed by atoms with Gasteiger partial charge in [-0.15, -0.1) is 0 Å². The number of nitrogens with zero attached hydrogens (tertiary/aromatic N) is 6. The molecule has 0 aliphatic heterocycles. The maximum absolute atomic E-state index is 12.9. The van der Waals surface area contributed by atoms with E-state index in [0.717, 1.165) is 12.5 Å². The molecule has 35 heavy (non-hydrogen) atoms. The Morgan fingerprint density at radius 1 is 1.17 bits per heavy atom. The molecule has 0 aromatic carbocycles. The molecule has 4 heterocycles. The van der Waals surface area contributed by atoms with Crippen molar-refractivity contribution in [2.75, 3.05) is 24.8 Å². The SMILES string of the molecule is CCOC[C@H](Oc1ncnc2c1cnn2-c1ncccc1Cl)C(=O)Nc1ccc(S(C)(=O)=O)cn1. The molecular weight excluding hydrogens is 498 g/mol. The standard InChI is InChI=1S/C21H20ClN7O5S/c1-3-33-11-16(20(30)28-17-7-6-13(9-24-17)35(2,31)32)34-21-14-10-27-29(18(14)25-12-26-21)19-15(22)5-4-8-23-19/h4-10,12,16H,3,11H2,1-2H3,(H,24,28,30)/t16-/m0/s1. The van der Waals surface area contributed by atoms with Crippen LogP contribution in [0.5, 0.6) is 5.88 Å². The fourth-order valence-electron chi connectivity index (χ4n) is 3.01. The normalized spacial score (nSPS) is 12.4. The van der Waals surface area contributed by atoms with Crippen molar-refractivity contribution in [1.29, 1.82) is 0 Å². The van der Waals surface area contributed by atoms with E-state index < -0.39 is 21.8 Å². The predicted octanol–water partition coefficient (Wildman–Crippen LogP) is 2.08. The highest BCUT2D eigenvalue weighted by atomic mass is 35.5. The minimum absolute atomic E-state index is 0.0333. The van der Waals surface area contributed by atoms with Crippen molar-refractivity contribution >= 4 is 44.2 Å². The molecule has 0 saturated carbocycles. The van der Waals surface area contributed by atoms with E-state index in [2.05, 4.69) is 30.4 Å². The summed E-state index contributed by atoms with van der Waals surface area (Å²) >= 11 is 6.24. The highest BCUT2D eigenvalue weighted by Gasteiger charge is 2.24. The lowest BCUT2D eigenvalue weighted by atomic mass is 10.3. The molecule has 0 saturated heterocycles. The van der Waals surface area contributed by atoms with Gasteiger partial charge in [-0.1, -0.05) is 11.6 Å². The zero-order valence-electron chi connectivity index (χ0n) is 18.6. The van der Waals surface area contributed by atoms with Crippen LogP contribution >= 0.6 is 11.6 Å². The molecule has 4 aromatic rings. The van der Waals surface area contributed by atoms with Gasteiger partial charge in [-0.3, -0.25) is 4.79 Å².